The highest BCUT2D eigenvalue weighted by Crippen LogP contribution is 2.36. The van der Waals surface area contributed by atoms with Crippen LogP contribution in [0.1, 0.15) is 48.8 Å². The van der Waals surface area contributed by atoms with E-state index in [1.54, 1.807) is 17.2 Å². The number of carboxylic acids is 1. The van der Waals surface area contributed by atoms with Gasteiger partial charge in [0.2, 0.25) is 0 Å². The van der Waals surface area contributed by atoms with Crippen molar-refractivity contribution in [3.63, 3.8) is 0 Å². The summed E-state index contributed by atoms with van der Waals surface area (Å²) in [6.07, 6.45) is 2.25. The molecular weight excluding hydrogens is 432 g/mol. The van der Waals surface area contributed by atoms with Gasteiger partial charge in [0.15, 0.2) is 0 Å². The zero-order chi connectivity index (χ0) is 23.0. The number of hydrogen-bond donors (Lipinski definition) is 1. The molecule has 32 heavy (non-hydrogen) atoms. The molecule has 2 aliphatic rings. The molecular formula is C23H28N2O6S. The third-order valence-electron chi connectivity index (χ3n) is 5.47. The Bertz CT molecular complexity index is 1010. The molecule has 3 atom stereocenters. The molecule has 1 saturated carbocycles. The van der Waals surface area contributed by atoms with E-state index in [2.05, 4.69) is 4.98 Å². The number of aromatic nitrogens is 1. The summed E-state index contributed by atoms with van der Waals surface area (Å²) >= 11 is 1.50. The van der Waals surface area contributed by atoms with Crippen molar-refractivity contribution in [1.82, 2.24) is 9.88 Å². The minimum atomic E-state index is -1.03. The second kappa shape index (κ2) is 8.71. The van der Waals surface area contributed by atoms with Gasteiger partial charge < -0.3 is 24.2 Å². The van der Waals surface area contributed by atoms with Crippen LogP contribution < -0.4 is 4.74 Å². The van der Waals surface area contributed by atoms with Crippen molar-refractivity contribution in [2.24, 2.45) is 0 Å². The molecule has 1 aliphatic carbocycles. The van der Waals surface area contributed by atoms with Gasteiger partial charge in [0, 0.05) is 23.2 Å². The maximum atomic E-state index is 12.7. The van der Waals surface area contributed by atoms with E-state index in [0.29, 0.717) is 30.9 Å². The normalized spacial score (nSPS) is 23.0. The van der Waals surface area contributed by atoms with E-state index in [1.807, 2.05) is 33.8 Å². The Kier molecular flexibility index (Phi) is 6.13. The Morgan fingerprint density at radius 2 is 2.03 bits per heavy atom. The van der Waals surface area contributed by atoms with E-state index in [0.717, 1.165) is 16.3 Å². The number of benzene rings is 1. The molecule has 1 saturated heterocycles. The average Bonchev–Trinajstić information content (AvgIpc) is 3.33. The Morgan fingerprint density at radius 3 is 2.69 bits per heavy atom. The molecule has 2 heterocycles. The van der Waals surface area contributed by atoms with Crippen molar-refractivity contribution < 1.29 is 28.9 Å². The van der Waals surface area contributed by atoms with Crippen LogP contribution in [0.25, 0.3) is 10.6 Å². The number of aryl methyl sites for hydroxylation is 1. The Labute approximate surface area is 191 Å². The van der Waals surface area contributed by atoms with Crippen LogP contribution in [-0.4, -0.2) is 64.1 Å². The van der Waals surface area contributed by atoms with E-state index in [4.69, 9.17) is 14.2 Å². The van der Waals surface area contributed by atoms with Crippen LogP contribution in [0.5, 0.6) is 5.75 Å². The van der Waals surface area contributed by atoms with Gasteiger partial charge in [0.1, 0.15) is 28.6 Å². The van der Waals surface area contributed by atoms with Crippen LogP contribution in [0, 0.1) is 6.92 Å². The number of carboxylic acid groups (broad SMARTS) is 1. The first-order valence-corrected chi connectivity index (χ1v) is 11.5. The average molecular weight is 461 g/mol. The van der Waals surface area contributed by atoms with Gasteiger partial charge in [-0.3, -0.25) is 0 Å². The van der Waals surface area contributed by atoms with Crippen molar-refractivity contribution in [1.29, 1.82) is 0 Å². The van der Waals surface area contributed by atoms with Crippen LogP contribution in [0.2, 0.25) is 0 Å². The summed E-state index contributed by atoms with van der Waals surface area (Å²) < 4.78 is 17.8. The molecule has 1 amide bonds. The van der Waals surface area contributed by atoms with Crippen LogP contribution in [-0.2, 0) is 9.47 Å². The number of carbonyl (C=O) groups is 2. The van der Waals surface area contributed by atoms with Crippen LogP contribution >= 0.6 is 11.3 Å². The second-order valence-corrected chi connectivity index (χ2v) is 10.4. The summed E-state index contributed by atoms with van der Waals surface area (Å²) in [4.78, 5) is 31.5. The standard InChI is InChI=1S/C23H28N2O6S/c1-13-12-24-20(32-13)14-9-15(21(26)27)11-16(10-14)30-18-6-5-17-19(18)29-8-7-25(17)22(28)31-23(2,3)4/h9-12,17-19H,5-8H2,1-4H3,(H,26,27)/t17-,18+,19+/m0/s1. The highest BCUT2D eigenvalue weighted by atomic mass is 32.1. The van der Waals surface area contributed by atoms with Crippen LogP contribution in [0.4, 0.5) is 4.79 Å². The molecule has 4 rings (SSSR count). The summed E-state index contributed by atoms with van der Waals surface area (Å²) in [5, 5.41) is 10.3. The summed E-state index contributed by atoms with van der Waals surface area (Å²) in [6.45, 7) is 8.38. The number of carbonyl (C=O) groups excluding carboxylic acids is 1. The number of aromatic carboxylic acids is 1. The monoisotopic (exact) mass is 460 g/mol. The lowest BCUT2D eigenvalue weighted by molar-refractivity contribution is -0.0902. The minimum Gasteiger partial charge on any atom is -0.488 e. The molecule has 0 radical (unpaired) electrons. The van der Waals surface area contributed by atoms with Crippen molar-refractivity contribution in [3.8, 4) is 16.3 Å². The van der Waals surface area contributed by atoms with E-state index < -0.39 is 11.6 Å². The fourth-order valence-corrected chi connectivity index (χ4v) is 4.92. The quantitative estimate of drug-likeness (QED) is 0.724. The molecule has 1 aromatic carbocycles. The predicted molar refractivity (Wildman–Crippen MR) is 119 cm³/mol. The Balaban J connectivity index is 1.54. The molecule has 172 valence electrons. The molecule has 1 aromatic heterocycles. The van der Waals surface area contributed by atoms with E-state index >= 15 is 0 Å². The number of fused-ring (bicyclic) bond motifs is 1. The third-order valence-corrected chi connectivity index (χ3v) is 6.43. The topological polar surface area (TPSA) is 98.2 Å². The van der Waals surface area contributed by atoms with Gasteiger partial charge >= 0.3 is 12.1 Å². The first kappa shape index (κ1) is 22.5. The molecule has 2 fully saturated rings. The molecule has 0 spiro atoms. The van der Waals surface area contributed by atoms with Gasteiger partial charge in [-0.15, -0.1) is 11.3 Å². The Hall–Kier alpha value is -2.65. The third kappa shape index (κ3) is 4.88. The zero-order valence-corrected chi connectivity index (χ0v) is 19.5. The SMILES string of the molecule is Cc1cnc(-c2cc(O[C@@H]3CC[C@H]4[C@H]3OCCN4C(=O)OC(C)(C)C)cc(C(=O)O)c2)s1. The van der Waals surface area contributed by atoms with Crippen molar-refractivity contribution >= 4 is 23.4 Å². The molecule has 8 nitrogen and oxygen atoms in total. The second-order valence-electron chi connectivity index (χ2n) is 9.14. The highest BCUT2D eigenvalue weighted by molar-refractivity contribution is 7.14. The van der Waals surface area contributed by atoms with E-state index in [1.165, 1.54) is 17.4 Å². The van der Waals surface area contributed by atoms with Gasteiger partial charge in [-0.1, -0.05) is 0 Å². The van der Waals surface area contributed by atoms with Crippen LogP contribution in [0.3, 0.4) is 0 Å². The first-order chi connectivity index (χ1) is 15.1. The molecule has 0 bridgehead atoms. The van der Waals surface area contributed by atoms with Gasteiger partial charge in [-0.05, 0) is 58.7 Å². The summed E-state index contributed by atoms with van der Waals surface area (Å²) in [5.74, 6) is -0.573. The number of rotatable bonds is 4. The molecule has 1 aliphatic heterocycles. The number of thiazole rings is 1. The van der Waals surface area contributed by atoms with Gasteiger partial charge in [0.25, 0.3) is 0 Å². The summed E-state index contributed by atoms with van der Waals surface area (Å²) in [5.41, 5.74) is 0.272. The molecule has 1 N–H and O–H groups in total. The number of hydrogen-bond acceptors (Lipinski definition) is 7. The minimum absolute atomic E-state index is 0.132. The summed E-state index contributed by atoms with van der Waals surface area (Å²) in [7, 11) is 0. The Morgan fingerprint density at radius 1 is 1.25 bits per heavy atom. The lowest BCUT2D eigenvalue weighted by atomic mass is 10.1. The predicted octanol–water partition coefficient (Wildman–Crippen LogP) is 4.36. The fraction of sp³-hybridized carbons (Fsp3) is 0.522. The number of morpholine rings is 1. The number of ether oxygens (including phenoxy) is 3. The maximum Gasteiger partial charge on any atom is 0.410 e. The van der Waals surface area contributed by atoms with Crippen LogP contribution in [0.15, 0.2) is 24.4 Å². The number of nitrogens with zero attached hydrogens (tertiary/aromatic N) is 2. The molecule has 2 aromatic rings. The smallest absolute Gasteiger partial charge is 0.410 e. The van der Waals surface area contributed by atoms with Gasteiger partial charge in [-0.25, -0.2) is 14.6 Å². The van der Waals surface area contributed by atoms with Gasteiger partial charge in [-0.2, -0.15) is 0 Å². The highest BCUT2D eigenvalue weighted by Gasteiger charge is 2.46. The van der Waals surface area contributed by atoms with E-state index in [-0.39, 0.29) is 29.9 Å². The molecule has 9 heteroatoms. The van der Waals surface area contributed by atoms with Crippen molar-refractivity contribution in [3.05, 3.63) is 34.8 Å². The molecule has 0 unspecified atom stereocenters. The van der Waals surface area contributed by atoms with E-state index in [9.17, 15) is 14.7 Å². The lowest BCUT2D eigenvalue weighted by Gasteiger charge is -2.39. The zero-order valence-electron chi connectivity index (χ0n) is 18.7. The van der Waals surface area contributed by atoms with Gasteiger partial charge in [0.05, 0.1) is 18.2 Å². The first-order valence-electron chi connectivity index (χ1n) is 10.7. The maximum absolute atomic E-state index is 12.7. The van der Waals surface area contributed by atoms with Crippen molar-refractivity contribution in [2.45, 2.75) is 64.4 Å². The van der Waals surface area contributed by atoms with Crippen molar-refractivity contribution in [2.75, 3.05) is 13.2 Å². The number of amides is 1. The summed E-state index contributed by atoms with van der Waals surface area (Å²) in [6, 6.07) is 4.81. The fourth-order valence-electron chi connectivity index (χ4n) is 4.17. The lowest BCUT2D eigenvalue weighted by Crippen LogP contribution is -2.55. The largest absolute Gasteiger partial charge is 0.488 e.